The van der Waals surface area contributed by atoms with Crippen LogP contribution in [0.1, 0.15) is 75.7 Å². The Balaban J connectivity index is 1.41. The lowest BCUT2D eigenvalue weighted by Gasteiger charge is -2.38. The summed E-state index contributed by atoms with van der Waals surface area (Å²) in [5.74, 6) is -2.60. The van der Waals surface area contributed by atoms with Crippen LogP contribution in [0.3, 0.4) is 0 Å². The summed E-state index contributed by atoms with van der Waals surface area (Å²) >= 11 is 0. The molecule has 184 valence electrons. The molecule has 2 aromatic rings. The van der Waals surface area contributed by atoms with Gasteiger partial charge in [0.15, 0.2) is 23.2 Å². The molecule has 2 aliphatic rings. The van der Waals surface area contributed by atoms with Crippen molar-refractivity contribution in [1.29, 1.82) is 0 Å². The van der Waals surface area contributed by atoms with Crippen LogP contribution in [-0.2, 0) is 0 Å². The molecule has 0 aliphatic heterocycles. The number of halogens is 4. The lowest BCUT2D eigenvalue weighted by Crippen LogP contribution is -2.25. The van der Waals surface area contributed by atoms with Crippen LogP contribution in [0, 0.1) is 41.0 Å². The minimum atomic E-state index is -1.25. The van der Waals surface area contributed by atoms with E-state index >= 15 is 4.39 Å². The maximum atomic E-state index is 15.1. The van der Waals surface area contributed by atoms with Gasteiger partial charge >= 0.3 is 0 Å². The van der Waals surface area contributed by atoms with Crippen LogP contribution in [0.2, 0.25) is 0 Å². The number of hydrogen-bond donors (Lipinski definition) is 0. The summed E-state index contributed by atoms with van der Waals surface area (Å²) in [4.78, 5) is 0. The smallest absolute Gasteiger partial charge is 0.201 e. The molecule has 34 heavy (non-hydrogen) atoms. The van der Waals surface area contributed by atoms with Gasteiger partial charge in [-0.1, -0.05) is 31.1 Å². The van der Waals surface area contributed by atoms with E-state index in [1.54, 1.807) is 6.07 Å². The molecule has 0 N–H and O–H groups in total. The average Bonchev–Trinajstić information content (AvgIpc) is 2.87. The molecule has 0 unspecified atom stereocenters. The normalized spacial score (nSPS) is 25.2. The van der Waals surface area contributed by atoms with E-state index < -0.39 is 23.3 Å². The minimum absolute atomic E-state index is 0.0406. The van der Waals surface area contributed by atoms with Crippen molar-refractivity contribution in [1.82, 2.24) is 0 Å². The third-order valence-corrected chi connectivity index (χ3v) is 8.22. The lowest BCUT2D eigenvalue weighted by atomic mass is 9.68. The van der Waals surface area contributed by atoms with Crippen LogP contribution in [-0.4, -0.2) is 7.11 Å². The number of rotatable bonds is 7. The summed E-state index contributed by atoms with van der Waals surface area (Å²) in [6.45, 7) is 3.82. The molecule has 0 radical (unpaired) electrons. The zero-order chi connectivity index (χ0) is 24.2. The lowest BCUT2D eigenvalue weighted by molar-refractivity contribution is 0.156. The molecule has 2 fully saturated rings. The van der Waals surface area contributed by atoms with Gasteiger partial charge in [-0.25, -0.2) is 13.2 Å². The van der Waals surface area contributed by atoms with Gasteiger partial charge in [-0.2, -0.15) is 4.39 Å². The van der Waals surface area contributed by atoms with Gasteiger partial charge in [0.2, 0.25) is 5.82 Å². The Morgan fingerprint density at radius 3 is 1.91 bits per heavy atom. The minimum Gasteiger partial charge on any atom is -0.494 e. The van der Waals surface area contributed by atoms with Gasteiger partial charge < -0.3 is 4.74 Å². The first-order valence-corrected chi connectivity index (χ1v) is 12.6. The fraction of sp³-hybridized carbons (Fsp3) is 0.517. The molecule has 0 bridgehead atoms. The highest BCUT2D eigenvalue weighted by atomic mass is 19.2. The Bertz CT molecular complexity index is 1000. The number of methoxy groups -OCH3 is 1. The monoisotopic (exact) mass is 474 g/mol. The van der Waals surface area contributed by atoms with Crippen LogP contribution < -0.4 is 4.74 Å². The largest absolute Gasteiger partial charge is 0.494 e. The highest BCUT2D eigenvalue weighted by molar-refractivity contribution is 5.66. The van der Waals surface area contributed by atoms with Crippen molar-refractivity contribution >= 4 is 0 Å². The third kappa shape index (κ3) is 5.04. The molecule has 0 aromatic heterocycles. The summed E-state index contributed by atoms with van der Waals surface area (Å²) < 4.78 is 63.4. The molecular formula is C29H34F4O. The predicted molar refractivity (Wildman–Crippen MR) is 128 cm³/mol. The van der Waals surface area contributed by atoms with Crippen molar-refractivity contribution in [2.75, 3.05) is 7.11 Å². The molecule has 4 rings (SSSR count). The van der Waals surface area contributed by atoms with Gasteiger partial charge in [0, 0.05) is 11.1 Å². The van der Waals surface area contributed by atoms with E-state index in [1.807, 2.05) is 6.08 Å². The van der Waals surface area contributed by atoms with Crippen molar-refractivity contribution in [3.63, 3.8) is 0 Å². The van der Waals surface area contributed by atoms with Gasteiger partial charge in [0.25, 0.3) is 0 Å². The van der Waals surface area contributed by atoms with Crippen molar-refractivity contribution in [3.05, 3.63) is 65.8 Å². The van der Waals surface area contributed by atoms with E-state index in [2.05, 4.69) is 6.58 Å². The van der Waals surface area contributed by atoms with Gasteiger partial charge in [0.1, 0.15) is 0 Å². The molecular weight excluding hydrogens is 440 g/mol. The zero-order valence-electron chi connectivity index (χ0n) is 19.9. The van der Waals surface area contributed by atoms with Crippen molar-refractivity contribution in [3.8, 4) is 16.9 Å². The van der Waals surface area contributed by atoms with Crippen molar-refractivity contribution < 1.29 is 22.3 Å². The molecule has 2 aromatic carbocycles. The van der Waals surface area contributed by atoms with E-state index in [0.717, 1.165) is 43.9 Å². The fourth-order valence-corrected chi connectivity index (χ4v) is 6.19. The highest BCUT2D eigenvalue weighted by Crippen LogP contribution is 2.45. The third-order valence-electron chi connectivity index (χ3n) is 8.22. The second kappa shape index (κ2) is 11.0. The molecule has 1 nitrogen and oxygen atoms in total. The highest BCUT2D eigenvalue weighted by Gasteiger charge is 2.32. The Morgan fingerprint density at radius 2 is 1.32 bits per heavy atom. The molecule has 0 saturated heterocycles. The van der Waals surface area contributed by atoms with E-state index in [-0.39, 0.29) is 22.8 Å². The molecule has 0 spiro atoms. The summed E-state index contributed by atoms with van der Waals surface area (Å²) in [5, 5.41) is 0. The second-order valence-electron chi connectivity index (χ2n) is 10.0. The number of hydrogen-bond acceptors (Lipinski definition) is 1. The number of benzene rings is 2. The van der Waals surface area contributed by atoms with Crippen LogP contribution >= 0.6 is 0 Å². The Morgan fingerprint density at radius 1 is 0.765 bits per heavy atom. The zero-order valence-corrected chi connectivity index (χ0v) is 19.9. The molecule has 2 aliphatic carbocycles. The quantitative estimate of drug-likeness (QED) is 0.287. The van der Waals surface area contributed by atoms with Gasteiger partial charge in [0.05, 0.1) is 7.11 Å². The number of ether oxygens (including phenoxy) is 1. The predicted octanol–water partition coefficient (Wildman–Crippen LogP) is 8.96. The SMILES string of the molecule is C=CCCC1CCC(C2CCC(c3ccc(-c4ccc(OC)c(F)c4F)c(F)c3F)CC2)CC1. The van der Waals surface area contributed by atoms with Crippen LogP contribution in [0.15, 0.2) is 36.9 Å². The molecule has 5 heteroatoms. The molecule has 0 atom stereocenters. The standard InChI is InChI=1S/C29H34F4O/c1-3-4-5-18-6-8-19(9-7-18)20-10-12-21(13-11-20)22-14-15-23(27(31)26(22)30)24-16-17-25(34-2)29(33)28(24)32/h3,14-21H,1,4-13H2,2H3. The summed E-state index contributed by atoms with van der Waals surface area (Å²) in [7, 11) is 1.22. The number of allylic oxidation sites excluding steroid dienone is 1. The van der Waals surface area contributed by atoms with Gasteiger partial charge in [-0.05, 0) is 92.7 Å². The average molecular weight is 475 g/mol. The Hall–Kier alpha value is -2.30. The maximum absolute atomic E-state index is 15.1. The molecule has 0 heterocycles. The van der Waals surface area contributed by atoms with E-state index in [1.165, 1.54) is 57.4 Å². The molecule has 2 saturated carbocycles. The van der Waals surface area contributed by atoms with Crippen LogP contribution in [0.5, 0.6) is 5.75 Å². The summed E-state index contributed by atoms with van der Waals surface area (Å²) in [6.07, 6.45) is 13.2. The second-order valence-corrected chi connectivity index (χ2v) is 10.0. The Labute approximate surface area is 200 Å². The van der Waals surface area contributed by atoms with Crippen molar-refractivity contribution in [2.45, 2.75) is 70.1 Å². The van der Waals surface area contributed by atoms with Crippen LogP contribution in [0.25, 0.3) is 11.1 Å². The summed E-state index contributed by atoms with van der Waals surface area (Å²) in [6, 6.07) is 5.35. The van der Waals surface area contributed by atoms with Crippen molar-refractivity contribution in [2.24, 2.45) is 17.8 Å². The van der Waals surface area contributed by atoms with Crippen LogP contribution in [0.4, 0.5) is 17.6 Å². The summed E-state index contributed by atoms with van der Waals surface area (Å²) in [5.41, 5.74) is -0.238. The topological polar surface area (TPSA) is 9.23 Å². The first kappa shape index (κ1) is 24.8. The molecule has 0 amide bonds. The van der Waals surface area contributed by atoms with E-state index in [9.17, 15) is 13.2 Å². The van der Waals surface area contributed by atoms with E-state index in [0.29, 0.717) is 11.5 Å². The van der Waals surface area contributed by atoms with E-state index in [4.69, 9.17) is 4.74 Å². The van der Waals surface area contributed by atoms with Gasteiger partial charge in [-0.3, -0.25) is 0 Å². The first-order chi connectivity index (χ1) is 16.4. The first-order valence-electron chi connectivity index (χ1n) is 12.6. The van der Waals surface area contributed by atoms with Gasteiger partial charge in [-0.15, -0.1) is 6.58 Å². The Kier molecular flexibility index (Phi) is 8.00. The fourth-order valence-electron chi connectivity index (χ4n) is 6.19. The maximum Gasteiger partial charge on any atom is 0.201 e.